The largest absolute Gasteiger partial charge is 0.348 e. The van der Waals surface area contributed by atoms with Crippen LogP contribution < -0.4 is 0 Å². The zero-order valence-electron chi connectivity index (χ0n) is 11.4. The van der Waals surface area contributed by atoms with E-state index in [-0.39, 0.29) is 0 Å². The molecule has 0 saturated heterocycles. The van der Waals surface area contributed by atoms with Crippen molar-refractivity contribution in [2.75, 3.05) is 0 Å². The maximum Gasteiger partial charge on any atom is 0.0249 e. The van der Waals surface area contributed by atoms with Gasteiger partial charge in [0.2, 0.25) is 0 Å². The first kappa shape index (κ1) is 13.1. The van der Waals surface area contributed by atoms with E-state index in [1.807, 2.05) is 13.8 Å². The number of aryl methyl sites for hydroxylation is 1. The van der Waals surface area contributed by atoms with Crippen LogP contribution in [-0.2, 0) is 19.4 Å². The standard InChI is InChI=1S/C13H19N.C2H6/c1-4-10(3)12-9-11-7-6-8-14(11)13(12)5-2;1-2/h4,9H,5-8H2,1-3H3;1-2H3/b10-4-;. The molecule has 0 spiro atoms. The monoisotopic (exact) mass is 219 g/mol. The van der Waals surface area contributed by atoms with Crippen LogP contribution in [0.25, 0.3) is 5.57 Å². The van der Waals surface area contributed by atoms with E-state index in [4.69, 9.17) is 0 Å². The quantitative estimate of drug-likeness (QED) is 0.692. The van der Waals surface area contributed by atoms with Crippen molar-refractivity contribution in [3.8, 4) is 0 Å². The van der Waals surface area contributed by atoms with Crippen LogP contribution in [0.5, 0.6) is 0 Å². The number of hydrogen-bond acceptors (Lipinski definition) is 0. The molecule has 0 bridgehead atoms. The van der Waals surface area contributed by atoms with E-state index in [1.54, 1.807) is 0 Å². The Labute approximate surface area is 100 Å². The Morgan fingerprint density at radius 2 is 2.12 bits per heavy atom. The summed E-state index contributed by atoms with van der Waals surface area (Å²) < 4.78 is 2.52. The minimum atomic E-state index is 1.15. The summed E-state index contributed by atoms with van der Waals surface area (Å²) in [5.74, 6) is 0. The Kier molecular flexibility index (Phi) is 4.85. The van der Waals surface area contributed by atoms with Gasteiger partial charge in [-0.05, 0) is 50.3 Å². The predicted octanol–water partition coefficient (Wildman–Crippen LogP) is 4.45. The Bertz CT molecular complexity index is 369. The summed E-state index contributed by atoms with van der Waals surface area (Å²) in [6.07, 6.45) is 5.96. The number of nitrogens with zero attached hydrogens (tertiary/aromatic N) is 1. The molecule has 0 unspecified atom stereocenters. The van der Waals surface area contributed by atoms with Gasteiger partial charge >= 0.3 is 0 Å². The van der Waals surface area contributed by atoms with Gasteiger partial charge in [0.25, 0.3) is 0 Å². The lowest BCUT2D eigenvalue weighted by Crippen LogP contribution is -1.99. The van der Waals surface area contributed by atoms with Gasteiger partial charge in [0.1, 0.15) is 0 Å². The molecule has 0 radical (unpaired) electrons. The molecule has 0 aromatic carbocycles. The predicted molar refractivity (Wildman–Crippen MR) is 72.8 cm³/mol. The number of aromatic nitrogens is 1. The summed E-state index contributed by atoms with van der Waals surface area (Å²) in [4.78, 5) is 0. The van der Waals surface area contributed by atoms with Crippen molar-refractivity contribution < 1.29 is 0 Å². The van der Waals surface area contributed by atoms with Gasteiger partial charge < -0.3 is 4.57 Å². The third-order valence-corrected chi connectivity index (χ3v) is 3.30. The molecule has 0 aliphatic carbocycles. The van der Waals surface area contributed by atoms with Crippen LogP contribution >= 0.6 is 0 Å². The first-order valence-corrected chi connectivity index (χ1v) is 6.62. The van der Waals surface area contributed by atoms with Crippen molar-refractivity contribution in [3.63, 3.8) is 0 Å². The van der Waals surface area contributed by atoms with Crippen molar-refractivity contribution in [3.05, 3.63) is 29.1 Å². The normalized spacial score (nSPS) is 14.4. The topological polar surface area (TPSA) is 4.93 Å². The zero-order valence-corrected chi connectivity index (χ0v) is 11.4. The second kappa shape index (κ2) is 5.93. The minimum Gasteiger partial charge on any atom is -0.348 e. The summed E-state index contributed by atoms with van der Waals surface area (Å²) in [5.41, 5.74) is 5.97. The smallest absolute Gasteiger partial charge is 0.0249 e. The lowest BCUT2D eigenvalue weighted by atomic mass is 10.1. The van der Waals surface area contributed by atoms with E-state index in [0.717, 1.165) is 6.42 Å². The average molecular weight is 219 g/mol. The zero-order chi connectivity index (χ0) is 12.1. The highest BCUT2D eigenvalue weighted by Gasteiger charge is 2.17. The van der Waals surface area contributed by atoms with E-state index < -0.39 is 0 Å². The third kappa shape index (κ3) is 2.23. The molecular formula is C15H25N. The number of allylic oxidation sites excluding steroid dienone is 2. The molecule has 2 rings (SSSR count). The number of fused-ring (bicyclic) bond motifs is 1. The van der Waals surface area contributed by atoms with Crippen molar-refractivity contribution >= 4 is 5.57 Å². The summed E-state index contributed by atoms with van der Waals surface area (Å²) in [7, 11) is 0. The van der Waals surface area contributed by atoms with E-state index in [9.17, 15) is 0 Å². The maximum absolute atomic E-state index is 2.52. The minimum absolute atomic E-state index is 1.15. The van der Waals surface area contributed by atoms with E-state index in [1.165, 1.54) is 41.9 Å². The molecule has 0 saturated carbocycles. The average Bonchev–Trinajstić information content (AvgIpc) is 2.90. The van der Waals surface area contributed by atoms with Crippen LogP contribution in [0.15, 0.2) is 12.1 Å². The van der Waals surface area contributed by atoms with Gasteiger partial charge in [-0.25, -0.2) is 0 Å². The van der Waals surface area contributed by atoms with Crippen molar-refractivity contribution in [2.45, 2.75) is 60.4 Å². The first-order chi connectivity index (χ1) is 7.77. The van der Waals surface area contributed by atoms with E-state index in [2.05, 4.69) is 37.5 Å². The van der Waals surface area contributed by atoms with Gasteiger partial charge in [0.15, 0.2) is 0 Å². The van der Waals surface area contributed by atoms with Gasteiger partial charge in [-0.2, -0.15) is 0 Å². The molecule has 1 aliphatic heterocycles. The number of hydrogen-bond donors (Lipinski definition) is 0. The maximum atomic E-state index is 2.52. The van der Waals surface area contributed by atoms with Crippen LogP contribution in [-0.4, -0.2) is 4.57 Å². The SMILES string of the molecule is C/C=C(/C)c1cc2n(c1CC)CCC2.CC. The van der Waals surface area contributed by atoms with Crippen LogP contribution in [0.4, 0.5) is 0 Å². The van der Waals surface area contributed by atoms with Gasteiger partial charge in [-0.15, -0.1) is 0 Å². The highest BCUT2D eigenvalue weighted by Crippen LogP contribution is 2.28. The lowest BCUT2D eigenvalue weighted by molar-refractivity contribution is 0.710. The summed E-state index contributed by atoms with van der Waals surface area (Å²) >= 11 is 0. The highest BCUT2D eigenvalue weighted by atomic mass is 15.0. The van der Waals surface area contributed by atoms with Crippen molar-refractivity contribution in [1.82, 2.24) is 4.57 Å². The fourth-order valence-corrected chi connectivity index (χ4v) is 2.43. The molecule has 0 N–H and O–H groups in total. The first-order valence-electron chi connectivity index (χ1n) is 6.62. The van der Waals surface area contributed by atoms with E-state index >= 15 is 0 Å². The van der Waals surface area contributed by atoms with Crippen molar-refractivity contribution in [2.24, 2.45) is 0 Å². The third-order valence-electron chi connectivity index (χ3n) is 3.30. The summed E-state index contributed by atoms with van der Waals surface area (Å²) in [5, 5.41) is 0. The molecule has 90 valence electrons. The van der Waals surface area contributed by atoms with Gasteiger partial charge in [0, 0.05) is 17.9 Å². The van der Waals surface area contributed by atoms with Crippen molar-refractivity contribution in [1.29, 1.82) is 0 Å². The Balaban J connectivity index is 0.000000606. The molecule has 0 fully saturated rings. The number of rotatable bonds is 2. The summed E-state index contributed by atoms with van der Waals surface area (Å²) in [6.45, 7) is 11.8. The van der Waals surface area contributed by atoms with Gasteiger partial charge in [-0.1, -0.05) is 26.8 Å². The molecule has 1 aromatic rings. The Morgan fingerprint density at radius 1 is 1.44 bits per heavy atom. The van der Waals surface area contributed by atoms with Gasteiger partial charge in [0.05, 0.1) is 0 Å². The lowest BCUT2D eigenvalue weighted by Gasteiger charge is -2.07. The fraction of sp³-hybridized carbons (Fsp3) is 0.600. The van der Waals surface area contributed by atoms with Crippen LogP contribution in [0.1, 0.15) is 58.0 Å². The Morgan fingerprint density at radius 3 is 2.69 bits per heavy atom. The molecule has 2 heterocycles. The second-order valence-electron chi connectivity index (χ2n) is 4.08. The summed E-state index contributed by atoms with van der Waals surface area (Å²) in [6, 6.07) is 2.39. The molecule has 0 atom stereocenters. The molecule has 16 heavy (non-hydrogen) atoms. The molecule has 0 amide bonds. The molecular weight excluding hydrogens is 194 g/mol. The van der Waals surface area contributed by atoms with E-state index in [0.29, 0.717) is 0 Å². The fourth-order valence-electron chi connectivity index (χ4n) is 2.43. The molecule has 1 aromatic heterocycles. The molecule has 1 heteroatoms. The second-order valence-corrected chi connectivity index (χ2v) is 4.08. The van der Waals surface area contributed by atoms with Gasteiger partial charge in [-0.3, -0.25) is 0 Å². The molecule has 1 aliphatic rings. The Hall–Kier alpha value is -0.980. The van der Waals surface area contributed by atoms with Crippen LogP contribution in [0.3, 0.4) is 0 Å². The highest BCUT2D eigenvalue weighted by molar-refractivity contribution is 5.66. The van der Waals surface area contributed by atoms with Crippen LogP contribution in [0, 0.1) is 0 Å². The molecule has 1 nitrogen and oxygen atoms in total. The van der Waals surface area contributed by atoms with Crippen LogP contribution in [0.2, 0.25) is 0 Å².